The molecule has 1 aliphatic carbocycles. The van der Waals surface area contributed by atoms with Gasteiger partial charge in [-0.3, -0.25) is 4.79 Å². The fourth-order valence-corrected chi connectivity index (χ4v) is 6.25. The average Bonchev–Trinajstić information content (AvgIpc) is 3.71. The summed E-state index contributed by atoms with van der Waals surface area (Å²) in [5, 5.41) is 5.84. The maximum atomic E-state index is 13.1. The van der Waals surface area contributed by atoms with E-state index < -0.39 is 23.8 Å². The van der Waals surface area contributed by atoms with Gasteiger partial charge < -0.3 is 34.5 Å². The van der Waals surface area contributed by atoms with Gasteiger partial charge in [-0.05, 0) is 65.5 Å². The Hall–Kier alpha value is -1.68. The minimum absolute atomic E-state index is 0.0507. The van der Waals surface area contributed by atoms with Crippen LogP contribution < -0.4 is 10.6 Å². The van der Waals surface area contributed by atoms with Crippen LogP contribution in [0.3, 0.4) is 0 Å². The number of ether oxygens (including phenoxy) is 4. The van der Waals surface area contributed by atoms with Crippen molar-refractivity contribution in [3.05, 3.63) is 11.6 Å². The Morgan fingerprint density at radius 3 is 2.42 bits per heavy atom. The van der Waals surface area contributed by atoms with Gasteiger partial charge in [0.05, 0.1) is 18.6 Å². The highest BCUT2D eigenvalue weighted by molar-refractivity contribution is 5.85. The average molecular weight is 538 g/mol. The van der Waals surface area contributed by atoms with Crippen LogP contribution in [-0.4, -0.2) is 93.4 Å². The van der Waals surface area contributed by atoms with Crippen LogP contribution in [0.1, 0.15) is 67.7 Å². The number of amides is 2. The summed E-state index contributed by atoms with van der Waals surface area (Å²) < 4.78 is 24.2. The highest BCUT2D eigenvalue weighted by Crippen LogP contribution is 2.59. The molecule has 0 unspecified atom stereocenters. The van der Waals surface area contributed by atoms with Crippen molar-refractivity contribution in [2.75, 3.05) is 40.9 Å². The second-order valence-electron chi connectivity index (χ2n) is 13.3. The van der Waals surface area contributed by atoms with Gasteiger partial charge in [-0.1, -0.05) is 39.3 Å². The number of nitrogens with zero attached hydrogens (tertiary/aromatic N) is 1. The summed E-state index contributed by atoms with van der Waals surface area (Å²) in [5.41, 5.74) is 0.469. The van der Waals surface area contributed by atoms with Crippen LogP contribution in [0.25, 0.3) is 0 Å². The summed E-state index contributed by atoms with van der Waals surface area (Å²) in [6, 6.07) is -0.700. The highest BCUT2D eigenvalue weighted by Gasteiger charge is 2.72. The van der Waals surface area contributed by atoms with Gasteiger partial charge in [-0.15, -0.1) is 0 Å². The SMILES string of the molecule is CO[C@@H]1[C@H](OC(=O)N[C@@H](C(=O)NCC(C)(C)CN(C)C)C(C)C)CC[C@]2(CO2)[C@H]1[C@@]1(C)O[C@@H]1CC=C(C)C. The van der Waals surface area contributed by atoms with Crippen LogP contribution in [-0.2, 0) is 23.7 Å². The topological polar surface area (TPSA) is 105 Å². The van der Waals surface area contributed by atoms with E-state index in [4.69, 9.17) is 18.9 Å². The zero-order valence-corrected chi connectivity index (χ0v) is 25.2. The first-order valence-electron chi connectivity index (χ1n) is 14.0. The van der Waals surface area contributed by atoms with Crippen LogP contribution in [0.5, 0.6) is 0 Å². The Balaban J connectivity index is 1.64. The van der Waals surface area contributed by atoms with Gasteiger partial charge in [0.2, 0.25) is 5.91 Å². The molecule has 0 aromatic heterocycles. The number of epoxide rings is 2. The van der Waals surface area contributed by atoms with Gasteiger partial charge in [0, 0.05) is 20.2 Å². The minimum atomic E-state index is -0.700. The molecule has 1 saturated carbocycles. The van der Waals surface area contributed by atoms with Crippen LogP contribution in [0.15, 0.2) is 11.6 Å². The number of hydrogen-bond donors (Lipinski definition) is 2. The molecule has 1 spiro atoms. The largest absolute Gasteiger partial charge is 0.443 e. The second-order valence-corrected chi connectivity index (χ2v) is 13.3. The Morgan fingerprint density at radius 2 is 1.89 bits per heavy atom. The molecule has 2 amide bonds. The maximum absolute atomic E-state index is 13.1. The Bertz CT molecular complexity index is 880. The number of alkyl carbamates (subject to hydrolysis) is 1. The van der Waals surface area contributed by atoms with Crippen molar-refractivity contribution >= 4 is 12.0 Å². The van der Waals surface area contributed by atoms with E-state index >= 15 is 0 Å². The molecule has 9 heteroatoms. The lowest BCUT2D eigenvalue weighted by Crippen LogP contribution is -2.57. The number of allylic oxidation sites excluding steroid dienone is 1. The third-order valence-corrected chi connectivity index (χ3v) is 8.20. The molecule has 0 aromatic rings. The summed E-state index contributed by atoms with van der Waals surface area (Å²) in [4.78, 5) is 28.2. The molecular formula is C29H51N3O6. The van der Waals surface area contributed by atoms with Crippen molar-refractivity contribution in [1.29, 1.82) is 0 Å². The first-order chi connectivity index (χ1) is 17.6. The number of carbonyl (C=O) groups is 2. The monoisotopic (exact) mass is 537 g/mol. The number of hydrogen-bond acceptors (Lipinski definition) is 7. The molecule has 0 radical (unpaired) electrons. The second kappa shape index (κ2) is 11.8. The van der Waals surface area contributed by atoms with Crippen LogP contribution in [0.2, 0.25) is 0 Å². The highest BCUT2D eigenvalue weighted by atomic mass is 16.6. The van der Waals surface area contributed by atoms with E-state index in [-0.39, 0.29) is 41.0 Å². The van der Waals surface area contributed by atoms with Crippen molar-refractivity contribution in [2.45, 2.75) is 103 Å². The normalized spacial score (nSPS) is 33.2. The molecule has 218 valence electrons. The van der Waals surface area contributed by atoms with E-state index in [1.807, 2.05) is 27.9 Å². The van der Waals surface area contributed by atoms with Crippen molar-refractivity contribution in [2.24, 2.45) is 17.3 Å². The number of rotatable bonds is 12. The van der Waals surface area contributed by atoms with Gasteiger partial charge in [-0.2, -0.15) is 0 Å². The van der Waals surface area contributed by atoms with E-state index in [2.05, 4.69) is 56.2 Å². The Morgan fingerprint density at radius 1 is 1.24 bits per heavy atom. The summed E-state index contributed by atoms with van der Waals surface area (Å²) in [6.07, 6.45) is 3.10. The summed E-state index contributed by atoms with van der Waals surface area (Å²) in [5.74, 6) is -0.361. The molecule has 2 heterocycles. The van der Waals surface area contributed by atoms with Gasteiger partial charge in [0.15, 0.2) is 0 Å². The lowest BCUT2D eigenvalue weighted by molar-refractivity contribution is -0.126. The molecule has 0 bridgehead atoms. The van der Waals surface area contributed by atoms with Crippen molar-refractivity contribution in [3.63, 3.8) is 0 Å². The van der Waals surface area contributed by atoms with Crippen LogP contribution >= 0.6 is 0 Å². The molecule has 3 aliphatic rings. The predicted octanol–water partition coefficient (Wildman–Crippen LogP) is 3.52. The van der Waals surface area contributed by atoms with Crippen molar-refractivity contribution in [1.82, 2.24) is 15.5 Å². The third-order valence-electron chi connectivity index (χ3n) is 8.20. The summed E-state index contributed by atoms with van der Waals surface area (Å²) in [7, 11) is 5.68. The summed E-state index contributed by atoms with van der Waals surface area (Å²) >= 11 is 0. The lowest BCUT2D eigenvalue weighted by atomic mass is 9.68. The smallest absolute Gasteiger partial charge is 0.408 e. The number of carbonyl (C=O) groups excluding carboxylic acids is 2. The van der Waals surface area contributed by atoms with Gasteiger partial charge in [0.25, 0.3) is 0 Å². The Labute approximate surface area is 229 Å². The van der Waals surface area contributed by atoms with E-state index in [9.17, 15) is 9.59 Å². The van der Waals surface area contributed by atoms with Gasteiger partial charge in [-0.25, -0.2) is 4.79 Å². The van der Waals surface area contributed by atoms with Gasteiger partial charge >= 0.3 is 6.09 Å². The molecular weight excluding hydrogens is 486 g/mol. The number of nitrogens with one attached hydrogen (secondary N) is 2. The van der Waals surface area contributed by atoms with E-state index in [0.717, 1.165) is 19.4 Å². The van der Waals surface area contributed by atoms with Gasteiger partial charge in [0.1, 0.15) is 29.5 Å². The molecule has 3 fully saturated rings. The number of methoxy groups -OCH3 is 1. The van der Waals surface area contributed by atoms with Crippen LogP contribution in [0.4, 0.5) is 4.79 Å². The van der Waals surface area contributed by atoms with Crippen LogP contribution in [0, 0.1) is 17.3 Å². The first kappa shape index (κ1) is 30.9. The van der Waals surface area contributed by atoms with Crippen molar-refractivity contribution < 1.29 is 28.5 Å². The molecule has 7 atom stereocenters. The van der Waals surface area contributed by atoms with Crippen molar-refractivity contribution in [3.8, 4) is 0 Å². The minimum Gasteiger partial charge on any atom is -0.443 e. The van der Waals surface area contributed by atoms with E-state index in [0.29, 0.717) is 19.6 Å². The Kier molecular flexibility index (Phi) is 9.60. The third kappa shape index (κ3) is 7.29. The zero-order chi connectivity index (χ0) is 28.5. The fraction of sp³-hybridized carbons (Fsp3) is 0.862. The molecule has 9 nitrogen and oxygen atoms in total. The molecule has 0 aromatic carbocycles. The first-order valence-corrected chi connectivity index (χ1v) is 14.0. The summed E-state index contributed by atoms with van der Waals surface area (Å²) in [6.45, 7) is 16.3. The van der Waals surface area contributed by atoms with E-state index in [1.54, 1.807) is 7.11 Å². The quantitative estimate of drug-likeness (QED) is 0.290. The molecule has 3 rings (SSSR count). The molecule has 2 N–H and O–H groups in total. The molecule has 38 heavy (non-hydrogen) atoms. The lowest BCUT2D eigenvalue weighted by Gasteiger charge is -2.42. The zero-order valence-electron chi connectivity index (χ0n) is 25.2. The fourth-order valence-electron chi connectivity index (χ4n) is 6.25. The van der Waals surface area contributed by atoms with E-state index in [1.165, 1.54) is 5.57 Å². The maximum Gasteiger partial charge on any atom is 0.408 e. The molecule has 2 saturated heterocycles. The standard InChI is InChI=1S/C29H51N3O6/c1-18(2)11-12-21-28(7,38-21)24-23(35-10)20(13-14-29(24)17-36-29)37-26(34)31-22(19(3)4)25(33)30-15-27(5,6)16-32(8)9/h11,19-24H,12-17H2,1-10H3,(H,30,33)(H,31,34)/t20-,21-,22-,23-,24-,28+,29+/m1/s1. The predicted molar refractivity (Wildman–Crippen MR) is 147 cm³/mol. The molecule has 2 aliphatic heterocycles.